The van der Waals surface area contributed by atoms with Crippen molar-refractivity contribution in [1.82, 2.24) is 4.98 Å². The number of ketones is 1. The molecule has 0 aromatic carbocycles. The first-order chi connectivity index (χ1) is 8.70. The number of esters is 1. The monoisotopic (exact) mass is 254 g/mol. The van der Waals surface area contributed by atoms with Gasteiger partial charge in [-0.1, -0.05) is 6.42 Å². The van der Waals surface area contributed by atoms with E-state index in [-0.39, 0.29) is 12.5 Å². The van der Waals surface area contributed by atoms with Crippen molar-refractivity contribution in [3.8, 4) is 0 Å². The van der Waals surface area contributed by atoms with Crippen LogP contribution in [0.2, 0.25) is 0 Å². The van der Waals surface area contributed by atoms with Gasteiger partial charge in [-0.25, -0.2) is 4.98 Å². The highest BCUT2D eigenvalue weighted by atomic mass is 16.5. The minimum atomic E-state index is -0.852. The fourth-order valence-electron chi connectivity index (χ4n) is 1.59. The summed E-state index contributed by atoms with van der Waals surface area (Å²) in [5.41, 5.74) is 5.39. The smallest absolute Gasteiger partial charge is 0.317 e. The Morgan fingerprint density at radius 3 is 2.83 bits per heavy atom. The molecule has 0 radical (unpaired) electrons. The molecule has 1 rings (SSSR count). The number of carbonyl (C=O) groups excluding carboxylic acids is 2. The van der Waals surface area contributed by atoms with E-state index in [1.54, 1.807) is 6.92 Å². The van der Waals surface area contributed by atoms with Crippen molar-refractivity contribution in [2.75, 3.05) is 13.2 Å². The lowest BCUT2D eigenvalue weighted by Crippen LogP contribution is -2.27. The van der Waals surface area contributed by atoms with Gasteiger partial charge in [-0.05, 0) is 26.3 Å². The number of nitrogens with zero attached hydrogens (tertiary/aromatic N) is 1. The zero-order valence-corrected chi connectivity index (χ0v) is 10.4. The minimum Gasteiger partial charge on any atom is -0.465 e. The summed E-state index contributed by atoms with van der Waals surface area (Å²) in [6, 6.07) is 0. The van der Waals surface area contributed by atoms with Crippen molar-refractivity contribution >= 4 is 11.8 Å². The van der Waals surface area contributed by atoms with Gasteiger partial charge in [0.25, 0.3) is 5.89 Å². The van der Waals surface area contributed by atoms with Gasteiger partial charge in [0.1, 0.15) is 12.2 Å². The second-order valence-electron chi connectivity index (χ2n) is 3.79. The van der Waals surface area contributed by atoms with Gasteiger partial charge < -0.3 is 14.9 Å². The molecule has 0 aliphatic carbocycles. The fraction of sp³-hybridized carbons (Fsp3) is 0.583. The van der Waals surface area contributed by atoms with E-state index in [9.17, 15) is 9.59 Å². The van der Waals surface area contributed by atoms with Gasteiger partial charge in [-0.3, -0.25) is 9.59 Å². The number of oxazole rings is 1. The van der Waals surface area contributed by atoms with Crippen LogP contribution >= 0.6 is 0 Å². The fourth-order valence-corrected chi connectivity index (χ4v) is 1.59. The highest BCUT2D eigenvalue weighted by molar-refractivity contribution is 6.06. The highest BCUT2D eigenvalue weighted by Gasteiger charge is 2.31. The normalized spacial score (nSPS) is 12.1. The lowest BCUT2D eigenvalue weighted by atomic mass is 9.97. The maximum atomic E-state index is 12.0. The van der Waals surface area contributed by atoms with Crippen LogP contribution in [-0.2, 0) is 9.53 Å². The van der Waals surface area contributed by atoms with E-state index in [1.165, 1.54) is 12.5 Å². The molecule has 6 nitrogen and oxygen atoms in total. The Morgan fingerprint density at radius 1 is 1.50 bits per heavy atom. The summed E-state index contributed by atoms with van der Waals surface area (Å²) < 4.78 is 9.81. The molecule has 100 valence electrons. The van der Waals surface area contributed by atoms with Gasteiger partial charge in [0.15, 0.2) is 0 Å². The van der Waals surface area contributed by atoms with E-state index in [2.05, 4.69) is 4.98 Å². The van der Waals surface area contributed by atoms with Crippen molar-refractivity contribution in [3.63, 3.8) is 0 Å². The van der Waals surface area contributed by atoms with E-state index >= 15 is 0 Å². The molecule has 1 aromatic rings. The molecule has 6 heteroatoms. The molecule has 0 saturated carbocycles. The average Bonchev–Trinajstić information content (AvgIpc) is 2.88. The summed E-state index contributed by atoms with van der Waals surface area (Å²) in [7, 11) is 0. The van der Waals surface area contributed by atoms with Crippen LogP contribution in [0.3, 0.4) is 0 Å². The number of rotatable bonds is 8. The molecule has 0 saturated heterocycles. The standard InChI is InChI=1S/C12H18N2O4/c1-2-17-12(16)9(5-3-4-6-13)10(15)11-14-7-8-18-11/h7-9H,2-6,13H2,1H3. The average molecular weight is 254 g/mol. The van der Waals surface area contributed by atoms with Crippen LogP contribution < -0.4 is 5.73 Å². The molecule has 1 aromatic heterocycles. The van der Waals surface area contributed by atoms with E-state index < -0.39 is 17.7 Å². The van der Waals surface area contributed by atoms with Crippen LogP contribution in [0.15, 0.2) is 16.9 Å². The lowest BCUT2D eigenvalue weighted by molar-refractivity contribution is -0.146. The zero-order chi connectivity index (χ0) is 13.4. The number of hydrogen-bond acceptors (Lipinski definition) is 6. The SMILES string of the molecule is CCOC(=O)C(CCCCN)C(=O)c1ncco1. The molecule has 0 amide bonds. The number of aromatic nitrogens is 1. The second-order valence-corrected chi connectivity index (χ2v) is 3.79. The molecule has 1 atom stereocenters. The molecule has 0 aliphatic rings. The molecule has 0 bridgehead atoms. The molecule has 0 spiro atoms. The minimum absolute atomic E-state index is 0.0548. The second kappa shape index (κ2) is 7.60. The van der Waals surface area contributed by atoms with Crippen molar-refractivity contribution in [3.05, 3.63) is 18.4 Å². The first kappa shape index (κ1) is 14.4. The molecular formula is C12H18N2O4. The topological polar surface area (TPSA) is 95.4 Å². The van der Waals surface area contributed by atoms with Crippen molar-refractivity contribution in [2.24, 2.45) is 11.7 Å². The Morgan fingerprint density at radius 2 is 2.28 bits per heavy atom. The van der Waals surface area contributed by atoms with E-state index in [1.807, 2.05) is 0 Å². The summed E-state index contributed by atoms with van der Waals surface area (Å²) in [6.45, 7) is 2.47. The van der Waals surface area contributed by atoms with Gasteiger partial charge in [-0.15, -0.1) is 0 Å². The maximum Gasteiger partial charge on any atom is 0.317 e. The molecule has 0 aliphatic heterocycles. The number of nitrogens with two attached hydrogens (primary N) is 1. The van der Waals surface area contributed by atoms with Crippen LogP contribution in [0.25, 0.3) is 0 Å². The summed E-state index contributed by atoms with van der Waals surface area (Å²) in [6.07, 6.45) is 4.52. The number of carbonyl (C=O) groups is 2. The third-order valence-corrected chi connectivity index (χ3v) is 2.48. The van der Waals surface area contributed by atoms with Crippen molar-refractivity contribution in [1.29, 1.82) is 0 Å². The van der Waals surface area contributed by atoms with Crippen LogP contribution in [0.1, 0.15) is 36.9 Å². The van der Waals surface area contributed by atoms with Gasteiger partial charge in [-0.2, -0.15) is 0 Å². The number of ether oxygens (including phenoxy) is 1. The van der Waals surface area contributed by atoms with Crippen LogP contribution in [0.4, 0.5) is 0 Å². The van der Waals surface area contributed by atoms with Gasteiger partial charge in [0.2, 0.25) is 5.78 Å². The summed E-state index contributed by atoms with van der Waals surface area (Å²) in [4.78, 5) is 27.5. The van der Waals surface area contributed by atoms with Gasteiger partial charge in [0.05, 0.1) is 12.8 Å². The molecule has 2 N–H and O–H groups in total. The van der Waals surface area contributed by atoms with E-state index in [0.717, 1.165) is 6.42 Å². The Kier molecular flexibility index (Phi) is 6.07. The largest absolute Gasteiger partial charge is 0.465 e. The molecule has 1 heterocycles. The predicted octanol–water partition coefficient (Wildman–Crippen LogP) is 1.17. The highest BCUT2D eigenvalue weighted by Crippen LogP contribution is 2.16. The van der Waals surface area contributed by atoms with E-state index in [4.69, 9.17) is 14.9 Å². The maximum absolute atomic E-state index is 12.0. The van der Waals surface area contributed by atoms with Crippen LogP contribution in [0, 0.1) is 5.92 Å². The number of Topliss-reactive ketones (excluding diaryl/α,β-unsaturated/α-hetero) is 1. The molecule has 1 unspecified atom stereocenters. The third kappa shape index (κ3) is 3.96. The first-order valence-corrected chi connectivity index (χ1v) is 6.01. The number of hydrogen-bond donors (Lipinski definition) is 1. The molecule has 18 heavy (non-hydrogen) atoms. The Hall–Kier alpha value is -1.69. The van der Waals surface area contributed by atoms with Crippen molar-refractivity contribution < 1.29 is 18.7 Å². The first-order valence-electron chi connectivity index (χ1n) is 6.01. The van der Waals surface area contributed by atoms with Gasteiger partial charge >= 0.3 is 5.97 Å². The molecule has 0 fully saturated rings. The predicted molar refractivity (Wildman–Crippen MR) is 63.9 cm³/mol. The summed E-state index contributed by atoms with van der Waals surface area (Å²) in [5, 5.41) is 0. The Labute approximate surface area is 106 Å². The van der Waals surface area contributed by atoms with Gasteiger partial charge in [0, 0.05) is 0 Å². The zero-order valence-electron chi connectivity index (χ0n) is 10.4. The lowest BCUT2D eigenvalue weighted by Gasteiger charge is -2.12. The quantitative estimate of drug-likeness (QED) is 0.324. The number of unbranched alkanes of at least 4 members (excludes halogenated alkanes) is 1. The molecular weight excluding hydrogens is 236 g/mol. The van der Waals surface area contributed by atoms with Crippen molar-refractivity contribution in [2.45, 2.75) is 26.2 Å². The summed E-state index contributed by atoms with van der Waals surface area (Å²) >= 11 is 0. The van der Waals surface area contributed by atoms with Crippen LogP contribution in [-0.4, -0.2) is 29.9 Å². The van der Waals surface area contributed by atoms with Crippen LogP contribution in [0.5, 0.6) is 0 Å². The van der Waals surface area contributed by atoms with E-state index in [0.29, 0.717) is 19.4 Å². The Bertz CT molecular complexity index is 375. The Balaban J connectivity index is 2.70. The third-order valence-electron chi connectivity index (χ3n) is 2.48. The summed E-state index contributed by atoms with van der Waals surface area (Å²) in [5.74, 6) is -1.87.